The van der Waals surface area contributed by atoms with Crippen molar-refractivity contribution in [2.45, 2.75) is 19.1 Å². The van der Waals surface area contributed by atoms with E-state index in [4.69, 9.17) is 22.4 Å². The number of hydrogen-bond acceptors (Lipinski definition) is 5. The highest BCUT2D eigenvalue weighted by molar-refractivity contribution is 6.32. The van der Waals surface area contributed by atoms with E-state index < -0.39 is 17.7 Å². The van der Waals surface area contributed by atoms with Crippen molar-refractivity contribution in [3.05, 3.63) is 21.7 Å². The quantitative estimate of drug-likeness (QED) is 0.563. The summed E-state index contributed by atoms with van der Waals surface area (Å²) in [5.41, 5.74) is 5.17. The van der Waals surface area contributed by atoms with Gasteiger partial charge in [0.25, 0.3) is 5.56 Å². The Bertz CT molecular complexity index is 379. The van der Waals surface area contributed by atoms with Crippen molar-refractivity contribution in [3.8, 4) is 0 Å². The topological polar surface area (TPSA) is 104 Å². The normalized spacial score (nSPS) is 14.7. The van der Waals surface area contributed by atoms with Crippen molar-refractivity contribution in [2.24, 2.45) is 5.73 Å². The average molecular weight is 233 g/mol. The molecule has 15 heavy (non-hydrogen) atoms. The lowest BCUT2D eigenvalue weighted by Crippen LogP contribution is -2.39. The molecule has 1 aromatic rings. The maximum absolute atomic E-state index is 11.1. The van der Waals surface area contributed by atoms with Gasteiger partial charge in [-0.1, -0.05) is 11.6 Å². The molecule has 0 fully saturated rings. The van der Waals surface area contributed by atoms with Gasteiger partial charge in [-0.15, -0.1) is 0 Å². The minimum absolute atomic E-state index is 0.0182. The van der Waals surface area contributed by atoms with Gasteiger partial charge in [0, 0.05) is 12.6 Å². The second-order valence-electron chi connectivity index (χ2n) is 3.18. The van der Waals surface area contributed by atoms with Gasteiger partial charge in [0.15, 0.2) is 5.82 Å². The first-order chi connectivity index (χ1) is 7.02. The number of aromatic amines is 1. The van der Waals surface area contributed by atoms with E-state index in [0.29, 0.717) is 0 Å². The largest absolute Gasteiger partial charge is 0.392 e. The third-order valence-corrected chi connectivity index (χ3v) is 2.27. The second-order valence-corrected chi connectivity index (χ2v) is 3.56. The Morgan fingerprint density at radius 2 is 2.47 bits per heavy atom. The maximum Gasteiger partial charge on any atom is 0.271 e. The van der Waals surface area contributed by atoms with E-state index in [-0.39, 0.29) is 17.4 Å². The van der Waals surface area contributed by atoms with Gasteiger partial charge in [0.05, 0.1) is 12.4 Å². The molecule has 0 aromatic carbocycles. The van der Waals surface area contributed by atoms with Gasteiger partial charge in [-0.3, -0.25) is 4.79 Å². The molecule has 1 heterocycles. The van der Waals surface area contributed by atoms with Crippen LogP contribution in [0.15, 0.2) is 11.1 Å². The number of aromatic nitrogens is 2. The SMILES string of the molecule is CC(O)C(N)CNc1nc[nH]c(=O)c1Cl. The third-order valence-electron chi connectivity index (χ3n) is 1.92. The van der Waals surface area contributed by atoms with Gasteiger partial charge in [-0.2, -0.15) is 0 Å². The molecule has 0 spiro atoms. The second kappa shape index (κ2) is 5.11. The molecule has 5 N–H and O–H groups in total. The minimum Gasteiger partial charge on any atom is -0.392 e. The van der Waals surface area contributed by atoms with Crippen LogP contribution in [0.4, 0.5) is 5.82 Å². The van der Waals surface area contributed by atoms with Gasteiger partial charge >= 0.3 is 0 Å². The lowest BCUT2D eigenvalue weighted by Gasteiger charge is -2.15. The lowest BCUT2D eigenvalue weighted by atomic mass is 10.2. The van der Waals surface area contributed by atoms with Crippen LogP contribution in [0.3, 0.4) is 0 Å². The number of nitrogens with zero attached hydrogens (tertiary/aromatic N) is 1. The van der Waals surface area contributed by atoms with Gasteiger partial charge in [0.2, 0.25) is 0 Å². The van der Waals surface area contributed by atoms with E-state index in [2.05, 4.69) is 15.3 Å². The molecule has 0 saturated heterocycles. The zero-order valence-electron chi connectivity index (χ0n) is 8.20. The summed E-state index contributed by atoms with van der Waals surface area (Å²) >= 11 is 5.68. The molecule has 0 saturated carbocycles. The zero-order chi connectivity index (χ0) is 11.4. The molecule has 0 bridgehead atoms. The number of nitrogens with two attached hydrogens (primary N) is 1. The number of rotatable bonds is 4. The van der Waals surface area contributed by atoms with E-state index in [1.807, 2.05) is 0 Å². The number of aliphatic hydroxyl groups is 1. The molecule has 84 valence electrons. The van der Waals surface area contributed by atoms with E-state index in [0.717, 1.165) is 0 Å². The Labute approximate surface area is 91.5 Å². The Balaban J connectivity index is 2.66. The fourth-order valence-corrected chi connectivity index (χ4v) is 1.06. The summed E-state index contributed by atoms with van der Waals surface area (Å²) in [4.78, 5) is 17.2. The molecule has 2 atom stereocenters. The van der Waals surface area contributed by atoms with Crippen LogP contribution in [-0.4, -0.2) is 33.8 Å². The fourth-order valence-electron chi connectivity index (χ4n) is 0.891. The summed E-state index contributed by atoms with van der Waals surface area (Å²) in [5.74, 6) is 0.261. The first kappa shape index (κ1) is 12.0. The van der Waals surface area contributed by atoms with Gasteiger partial charge in [-0.05, 0) is 6.92 Å². The number of nitrogens with one attached hydrogen (secondary N) is 2. The van der Waals surface area contributed by atoms with Crippen LogP contribution < -0.4 is 16.6 Å². The summed E-state index contributed by atoms with van der Waals surface area (Å²) in [5, 5.41) is 11.9. The van der Waals surface area contributed by atoms with Crippen molar-refractivity contribution in [2.75, 3.05) is 11.9 Å². The number of anilines is 1. The monoisotopic (exact) mass is 232 g/mol. The summed E-state index contributed by atoms with van der Waals surface area (Å²) < 4.78 is 0. The van der Waals surface area contributed by atoms with Crippen molar-refractivity contribution in [1.82, 2.24) is 9.97 Å². The molecule has 0 aliphatic rings. The molecule has 7 heteroatoms. The van der Waals surface area contributed by atoms with Crippen LogP contribution in [-0.2, 0) is 0 Å². The van der Waals surface area contributed by atoms with Gasteiger partial charge in [-0.25, -0.2) is 4.98 Å². The molecule has 1 aromatic heterocycles. The first-order valence-electron chi connectivity index (χ1n) is 4.43. The van der Waals surface area contributed by atoms with Crippen LogP contribution in [0, 0.1) is 0 Å². The maximum atomic E-state index is 11.1. The molecule has 0 radical (unpaired) electrons. The van der Waals surface area contributed by atoms with E-state index >= 15 is 0 Å². The Morgan fingerprint density at radius 3 is 3.07 bits per heavy atom. The van der Waals surface area contributed by atoms with Crippen molar-refractivity contribution >= 4 is 17.4 Å². The fraction of sp³-hybridized carbons (Fsp3) is 0.500. The predicted octanol–water partition coefficient (Wildman–Crippen LogP) is -0.457. The molecule has 6 nitrogen and oxygen atoms in total. The van der Waals surface area contributed by atoms with Gasteiger partial charge in [0.1, 0.15) is 5.02 Å². The highest BCUT2D eigenvalue weighted by Crippen LogP contribution is 2.11. The first-order valence-corrected chi connectivity index (χ1v) is 4.81. The molecule has 0 aliphatic carbocycles. The van der Waals surface area contributed by atoms with Crippen LogP contribution in [0.5, 0.6) is 0 Å². The van der Waals surface area contributed by atoms with Crippen molar-refractivity contribution < 1.29 is 5.11 Å². The molecular formula is C8H13ClN4O2. The van der Waals surface area contributed by atoms with Crippen LogP contribution in [0.25, 0.3) is 0 Å². The number of hydrogen-bond donors (Lipinski definition) is 4. The Morgan fingerprint density at radius 1 is 1.80 bits per heavy atom. The Kier molecular flexibility index (Phi) is 4.07. The summed E-state index contributed by atoms with van der Waals surface area (Å²) in [6.07, 6.45) is 0.600. The molecule has 2 unspecified atom stereocenters. The minimum atomic E-state index is -0.640. The molecular weight excluding hydrogens is 220 g/mol. The number of halogens is 1. The van der Waals surface area contributed by atoms with E-state index in [1.54, 1.807) is 6.92 Å². The van der Waals surface area contributed by atoms with E-state index in [1.165, 1.54) is 6.33 Å². The smallest absolute Gasteiger partial charge is 0.271 e. The summed E-state index contributed by atoms with van der Waals surface area (Å²) in [7, 11) is 0. The number of aliphatic hydroxyl groups excluding tert-OH is 1. The highest BCUT2D eigenvalue weighted by atomic mass is 35.5. The molecule has 1 rings (SSSR count). The van der Waals surface area contributed by atoms with Crippen molar-refractivity contribution in [3.63, 3.8) is 0 Å². The molecule has 0 aliphatic heterocycles. The Hall–Kier alpha value is -1.11. The predicted molar refractivity (Wildman–Crippen MR) is 58.0 cm³/mol. The summed E-state index contributed by atoms with van der Waals surface area (Å²) in [6.45, 7) is 1.87. The molecule has 0 amide bonds. The average Bonchev–Trinajstić information content (AvgIpc) is 2.19. The van der Waals surface area contributed by atoms with Crippen LogP contribution >= 0.6 is 11.6 Å². The third kappa shape index (κ3) is 3.19. The van der Waals surface area contributed by atoms with E-state index in [9.17, 15) is 4.79 Å². The summed E-state index contributed by atoms with van der Waals surface area (Å²) in [6, 6.07) is -0.442. The highest BCUT2D eigenvalue weighted by Gasteiger charge is 2.11. The van der Waals surface area contributed by atoms with Crippen LogP contribution in [0.1, 0.15) is 6.92 Å². The zero-order valence-corrected chi connectivity index (χ0v) is 8.95. The standard InChI is InChI=1S/C8H13ClN4O2/c1-4(14)5(10)2-11-7-6(9)8(15)13-3-12-7/h3-5,14H,2,10H2,1H3,(H2,11,12,13,15). The lowest BCUT2D eigenvalue weighted by molar-refractivity contribution is 0.168. The van der Waals surface area contributed by atoms with Crippen molar-refractivity contribution in [1.29, 1.82) is 0 Å². The van der Waals surface area contributed by atoms with Gasteiger partial charge < -0.3 is 21.1 Å². The van der Waals surface area contributed by atoms with Crippen LogP contribution in [0.2, 0.25) is 5.02 Å². The number of H-pyrrole nitrogens is 1.